The van der Waals surface area contributed by atoms with E-state index in [1.54, 1.807) is 12.1 Å². The van der Waals surface area contributed by atoms with Gasteiger partial charge in [0.1, 0.15) is 10.6 Å². The van der Waals surface area contributed by atoms with Gasteiger partial charge in [-0.25, -0.2) is 4.39 Å². The summed E-state index contributed by atoms with van der Waals surface area (Å²) in [7, 11) is 1.90. The van der Waals surface area contributed by atoms with Crippen molar-refractivity contribution in [3.63, 3.8) is 0 Å². The Morgan fingerprint density at radius 1 is 1.38 bits per heavy atom. The quantitative estimate of drug-likeness (QED) is 0.721. The van der Waals surface area contributed by atoms with Gasteiger partial charge in [0.15, 0.2) is 0 Å². The lowest BCUT2D eigenvalue weighted by Crippen LogP contribution is -2.32. The van der Waals surface area contributed by atoms with Crippen molar-refractivity contribution in [3.8, 4) is 0 Å². The summed E-state index contributed by atoms with van der Waals surface area (Å²) in [6.07, 6.45) is 2.08. The summed E-state index contributed by atoms with van der Waals surface area (Å²) in [4.78, 5) is 16.7. The van der Waals surface area contributed by atoms with E-state index in [-0.39, 0.29) is 11.7 Å². The maximum atomic E-state index is 13.1. The number of rotatable bonds is 4. The highest BCUT2D eigenvalue weighted by Crippen LogP contribution is 2.33. The first kappa shape index (κ1) is 15.3. The lowest BCUT2D eigenvalue weighted by molar-refractivity contribution is 0.0735. The number of carbonyl (C=O) groups excluding carboxylic acids is 1. The molecule has 0 aliphatic heterocycles. The molecule has 1 aliphatic carbocycles. The second kappa shape index (κ2) is 5.70. The first-order valence-corrected chi connectivity index (χ1v) is 8.83. The van der Waals surface area contributed by atoms with Crippen LogP contribution < -0.4 is 0 Å². The van der Waals surface area contributed by atoms with Crippen molar-refractivity contribution >= 4 is 27.5 Å². The van der Waals surface area contributed by atoms with Crippen molar-refractivity contribution in [1.82, 2.24) is 14.7 Å². The van der Waals surface area contributed by atoms with E-state index in [9.17, 15) is 9.18 Å². The summed E-state index contributed by atoms with van der Waals surface area (Å²) < 4.78 is 14.9. The maximum absolute atomic E-state index is 13.1. The van der Waals surface area contributed by atoms with Crippen molar-refractivity contribution in [1.29, 1.82) is 0 Å². The first-order chi connectivity index (χ1) is 11.5. The van der Waals surface area contributed by atoms with Crippen LogP contribution in [0.3, 0.4) is 0 Å². The molecule has 0 radical (unpaired) electrons. The largest absolute Gasteiger partial charge is 0.331 e. The van der Waals surface area contributed by atoms with Crippen LogP contribution in [-0.4, -0.2) is 26.6 Å². The van der Waals surface area contributed by atoms with Gasteiger partial charge in [-0.05, 0) is 43.5 Å². The normalized spacial score (nSPS) is 14.3. The Balaban J connectivity index is 1.63. The van der Waals surface area contributed by atoms with Gasteiger partial charge in [0.05, 0.1) is 10.6 Å². The second-order valence-electron chi connectivity index (χ2n) is 6.33. The molecule has 124 valence electrons. The molecule has 0 bridgehead atoms. The molecule has 6 heteroatoms. The van der Waals surface area contributed by atoms with Crippen LogP contribution in [0.15, 0.2) is 30.3 Å². The Hall–Kier alpha value is -2.21. The van der Waals surface area contributed by atoms with Gasteiger partial charge < -0.3 is 4.90 Å². The molecule has 2 heterocycles. The molecule has 2 aromatic heterocycles. The van der Waals surface area contributed by atoms with Crippen molar-refractivity contribution < 1.29 is 9.18 Å². The van der Waals surface area contributed by atoms with E-state index in [2.05, 4.69) is 5.10 Å². The molecule has 4 rings (SSSR count). The Morgan fingerprint density at radius 2 is 2.08 bits per heavy atom. The highest BCUT2D eigenvalue weighted by Gasteiger charge is 2.34. The summed E-state index contributed by atoms with van der Waals surface area (Å²) >= 11 is 1.49. The van der Waals surface area contributed by atoms with Gasteiger partial charge >= 0.3 is 0 Å². The van der Waals surface area contributed by atoms with E-state index in [0.29, 0.717) is 12.6 Å². The molecule has 0 atom stereocenters. The smallest absolute Gasteiger partial charge is 0.264 e. The first-order valence-electron chi connectivity index (χ1n) is 8.01. The fourth-order valence-corrected chi connectivity index (χ4v) is 4.07. The molecule has 1 aliphatic rings. The van der Waals surface area contributed by atoms with Gasteiger partial charge in [-0.15, -0.1) is 11.3 Å². The molecular weight excluding hydrogens is 325 g/mol. The molecule has 4 nitrogen and oxygen atoms in total. The molecular formula is C18H18FN3OS. The lowest BCUT2D eigenvalue weighted by atomic mass is 10.2. The summed E-state index contributed by atoms with van der Waals surface area (Å²) in [6.45, 7) is 2.48. The van der Waals surface area contributed by atoms with Gasteiger partial charge in [-0.3, -0.25) is 9.48 Å². The summed E-state index contributed by atoms with van der Waals surface area (Å²) in [5.74, 6) is -0.196. The van der Waals surface area contributed by atoms with E-state index in [1.807, 2.05) is 29.6 Å². The fourth-order valence-electron chi connectivity index (χ4n) is 2.99. The van der Waals surface area contributed by atoms with Crippen molar-refractivity contribution in [2.45, 2.75) is 32.4 Å². The Bertz CT molecular complexity index is 874. The number of amides is 1. The predicted molar refractivity (Wildman–Crippen MR) is 92.6 cm³/mol. The van der Waals surface area contributed by atoms with Crippen LogP contribution in [0.2, 0.25) is 0 Å². The minimum atomic E-state index is -0.254. The topological polar surface area (TPSA) is 38.1 Å². The van der Waals surface area contributed by atoms with Crippen molar-refractivity contribution in [3.05, 3.63) is 52.3 Å². The van der Waals surface area contributed by atoms with Gasteiger partial charge in [0.25, 0.3) is 5.91 Å². The number of benzene rings is 1. The number of hydrogen-bond donors (Lipinski definition) is 0. The SMILES string of the molecule is Cc1nn(C)c2sc(C(=O)N(Cc3ccc(F)cc3)C3CC3)cc12. The van der Waals surface area contributed by atoms with E-state index in [4.69, 9.17) is 0 Å². The lowest BCUT2D eigenvalue weighted by Gasteiger charge is -2.22. The highest BCUT2D eigenvalue weighted by atomic mass is 32.1. The van der Waals surface area contributed by atoms with E-state index in [0.717, 1.165) is 39.2 Å². The molecule has 0 saturated heterocycles. The molecule has 1 aromatic carbocycles. The zero-order valence-electron chi connectivity index (χ0n) is 13.6. The number of fused-ring (bicyclic) bond motifs is 1. The fraction of sp³-hybridized carbons (Fsp3) is 0.333. The number of thiophene rings is 1. The number of carbonyl (C=O) groups is 1. The number of halogens is 1. The van der Waals surface area contributed by atoms with E-state index >= 15 is 0 Å². The van der Waals surface area contributed by atoms with Crippen LogP contribution in [0.4, 0.5) is 4.39 Å². The van der Waals surface area contributed by atoms with E-state index < -0.39 is 0 Å². The Labute approximate surface area is 143 Å². The molecule has 1 amide bonds. The number of nitrogens with zero attached hydrogens (tertiary/aromatic N) is 3. The third-order valence-electron chi connectivity index (χ3n) is 4.42. The van der Waals surface area contributed by atoms with Crippen LogP contribution in [0.25, 0.3) is 10.2 Å². The van der Waals surface area contributed by atoms with Crippen LogP contribution >= 0.6 is 11.3 Å². The molecule has 0 N–H and O–H groups in total. The average Bonchev–Trinajstić information content (AvgIpc) is 3.23. The predicted octanol–water partition coefficient (Wildman–Crippen LogP) is 3.89. The van der Waals surface area contributed by atoms with Gasteiger partial charge in [-0.1, -0.05) is 12.1 Å². The van der Waals surface area contributed by atoms with Crippen LogP contribution in [-0.2, 0) is 13.6 Å². The standard InChI is InChI=1S/C18H18FN3OS/c1-11-15-9-16(24-18(15)21(2)20-11)17(23)22(14-7-8-14)10-12-3-5-13(19)6-4-12/h3-6,9,14H,7-8,10H2,1-2H3. The maximum Gasteiger partial charge on any atom is 0.264 e. The summed E-state index contributed by atoms with van der Waals surface area (Å²) in [6, 6.07) is 8.63. The van der Waals surface area contributed by atoms with Gasteiger partial charge in [0.2, 0.25) is 0 Å². The number of aromatic nitrogens is 2. The monoisotopic (exact) mass is 343 g/mol. The average molecular weight is 343 g/mol. The Morgan fingerprint density at radius 3 is 2.71 bits per heavy atom. The van der Waals surface area contributed by atoms with Crippen molar-refractivity contribution in [2.24, 2.45) is 7.05 Å². The van der Waals surface area contributed by atoms with Crippen LogP contribution in [0, 0.1) is 12.7 Å². The van der Waals surface area contributed by atoms with Crippen LogP contribution in [0.5, 0.6) is 0 Å². The minimum absolute atomic E-state index is 0.0578. The summed E-state index contributed by atoms with van der Waals surface area (Å²) in [5.41, 5.74) is 1.90. The third kappa shape index (κ3) is 2.71. The zero-order chi connectivity index (χ0) is 16.8. The number of aryl methyl sites for hydroxylation is 2. The zero-order valence-corrected chi connectivity index (χ0v) is 14.4. The number of hydrogen-bond acceptors (Lipinski definition) is 3. The molecule has 24 heavy (non-hydrogen) atoms. The third-order valence-corrected chi connectivity index (χ3v) is 5.61. The molecule has 0 spiro atoms. The summed E-state index contributed by atoms with van der Waals surface area (Å²) in [5, 5.41) is 5.43. The minimum Gasteiger partial charge on any atom is -0.331 e. The second-order valence-corrected chi connectivity index (χ2v) is 7.36. The Kier molecular flexibility index (Phi) is 3.64. The highest BCUT2D eigenvalue weighted by molar-refractivity contribution is 7.20. The van der Waals surface area contributed by atoms with E-state index in [1.165, 1.54) is 23.5 Å². The molecule has 1 fully saturated rings. The van der Waals surface area contributed by atoms with Gasteiger partial charge in [0, 0.05) is 25.0 Å². The molecule has 0 unspecified atom stereocenters. The van der Waals surface area contributed by atoms with Crippen molar-refractivity contribution in [2.75, 3.05) is 0 Å². The molecule has 3 aromatic rings. The molecule has 1 saturated carbocycles. The van der Waals surface area contributed by atoms with Crippen LogP contribution in [0.1, 0.15) is 33.8 Å². The van der Waals surface area contributed by atoms with Gasteiger partial charge in [-0.2, -0.15) is 5.10 Å².